The lowest BCUT2D eigenvalue weighted by Gasteiger charge is -2.27. The highest BCUT2D eigenvalue weighted by atomic mass is 16.5. The van der Waals surface area contributed by atoms with Gasteiger partial charge in [0.25, 0.3) is 0 Å². The molecule has 1 fully saturated rings. The highest BCUT2D eigenvalue weighted by Crippen LogP contribution is 2.24. The van der Waals surface area contributed by atoms with Crippen LogP contribution in [-0.4, -0.2) is 32.8 Å². The molecule has 1 aromatic rings. The lowest BCUT2D eigenvalue weighted by atomic mass is 10.1. The van der Waals surface area contributed by atoms with E-state index in [4.69, 9.17) is 10.5 Å². The normalized spacial score (nSPS) is 19.6. The van der Waals surface area contributed by atoms with Crippen LogP contribution < -0.4 is 10.6 Å². The molecule has 2 N–H and O–H groups in total. The van der Waals surface area contributed by atoms with Crippen molar-refractivity contribution in [3.8, 4) is 0 Å². The van der Waals surface area contributed by atoms with Crippen molar-refractivity contribution >= 4 is 5.69 Å². The van der Waals surface area contributed by atoms with Crippen molar-refractivity contribution < 1.29 is 4.74 Å². The Hall–Kier alpha value is -1.06. The molecule has 0 spiro atoms. The van der Waals surface area contributed by atoms with Crippen LogP contribution in [0, 0.1) is 6.92 Å². The summed E-state index contributed by atoms with van der Waals surface area (Å²) in [4.78, 5) is 2.34. The molecule has 0 aromatic heterocycles. The third-order valence-electron chi connectivity index (χ3n) is 3.53. The van der Waals surface area contributed by atoms with Gasteiger partial charge in [-0.1, -0.05) is 12.1 Å². The van der Waals surface area contributed by atoms with Gasteiger partial charge in [-0.25, -0.2) is 0 Å². The van der Waals surface area contributed by atoms with Crippen molar-refractivity contribution in [1.82, 2.24) is 0 Å². The topological polar surface area (TPSA) is 38.5 Å². The molecule has 0 aliphatic carbocycles. The molecule has 0 amide bonds. The SMILES string of the molecule is Cc1cc(CCN)ccc1N(C)C1CCOC1. The van der Waals surface area contributed by atoms with Gasteiger partial charge in [0, 0.05) is 19.3 Å². The second-order valence-corrected chi connectivity index (χ2v) is 4.79. The van der Waals surface area contributed by atoms with Crippen LogP contribution in [0.1, 0.15) is 17.5 Å². The zero-order valence-electron chi connectivity index (χ0n) is 10.8. The molecule has 1 saturated heterocycles. The van der Waals surface area contributed by atoms with Crippen LogP contribution in [0.4, 0.5) is 5.69 Å². The van der Waals surface area contributed by atoms with E-state index in [2.05, 4.69) is 37.1 Å². The van der Waals surface area contributed by atoms with Crippen molar-refractivity contribution in [1.29, 1.82) is 0 Å². The number of anilines is 1. The maximum absolute atomic E-state index is 5.58. The van der Waals surface area contributed by atoms with Crippen LogP contribution in [0.2, 0.25) is 0 Å². The monoisotopic (exact) mass is 234 g/mol. The second-order valence-electron chi connectivity index (χ2n) is 4.79. The Balaban J connectivity index is 2.14. The third kappa shape index (κ3) is 2.79. The summed E-state index contributed by atoms with van der Waals surface area (Å²) in [6.45, 7) is 4.62. The Labute approximate surface area is 104 Å². The van der Waals surface area contributed by atoms with Gasteiger partial charge in [0.05, 0.1) is 12.6 Å². The van der Waals surface area contributed by atoms with E-state index in [0.717, 1.165) is 26.1 Å². The van der Waals surface area contributed by atoms with Gasteiger partial charge in [-0.2, -0.15) is 0 Å². The average Bonchev–Trinajstić information content (AvgIpc) is 2.82. The van der Waals surface area contributed by atoms with E-state index in [0.29, 0.717) is 12.6 Å². The molecule has 0 bridgehead atoms. The summed E-state index contributed by atoms with van der Waals surface area (Å²) in [5.74, 6) is 0. The highest BCUT2D eigenvalue weighted by molar-refractivity contribution is 5.54. The van der Waals surface area contributed by atoms with E-state index in [1.165, 1.54) is 16.8 Å². The molecule has 2 rings (SSSR count). The maximum Gasteiger partial charge on any atom is 0.0670 e. The molecule has 0 saturated carbocycles. The second kappa shape index (κ2) is 5.52. The number of ether oxygens (including phenoxy) is 1. The van der Waals surface area contributed by atoms with Crippen molar-refractivity contribution in [2.75, 3.05) is 31.7 Å². The first kappa shape index (κ1) is 12.4. The number of nitrogens with zero attached hydrogens (tertiary/aromatic N) is 1. The molecule has 0 radical (unpaired) electrons. The molecule has 1 aliphatic heterocycles. The zero-order chi connectivity index (χ0) is 12.3. The Bertz CT molecular complexity index is 372. The Morgan fingerprint density at radius 2 is 2.29 bits per heavy atom. The van der Waals surface area contributed by atoms with Gasteiger partial charge in [-0.15, -0.1) is 0 Å². The average molecular weight is 234 g/mol. The van der Waals surface area contributed by atoms with Gasteiger partial charge in [0.2, 0.25) is 0 Å². The molecule has 17 heavy (non-hydrogen) atoms. The lowest BCUT2D eigenvalue weighted by molar-refractivity contribution is 0.193. The van der Waals surface area contributed by atoms with Gasteiger partial charge in [-0.05, 0) is 43.5 Å². The Kier molecular flexibility index (Phi) is 4.02. The molecule has 1 aliphatic rings. The van der Waals surface area contributed by atoms with Gasteiger partial charge < -0.3 is 15.4 Å². The van der Waals surface area contributed by atoms with Crippen LogP contribution in [0.15, 0.2) is 18.2 Å². The number of likely N-dealkylation sites (N-methyl/N-ethyl adjacent to an activating group) is 1. The molecule has 1 aromatic carbocycles. The molecule has 1 atom stereocenters. The smallest absolute Gasteiger partial charge is 0.0670 e. The zero-order valence-corrected chi connectivity index (χ0v) is 10.8. The maximum atomic E-state index is 5.58. The van der Waals surface area contributed by atoms with E-state index in [1.807, 2.05) is 0 Å². The van der Waals surface area contributed by atoms with E-state index in [9.17, 15) is 0 Å². The number of aryl methyl sites for hydroxylation is 1. The van der Waals surface area contributed by atoms with Crippen LogP contribution in [-0.2, 0) is 11.2 Å². The minimum absolute atomic E-state index is 0.522. The summed E-state index contributed by atoms with van der Waals surface area (Å²) < 4.78 is 5.44. The first-order valence-corrected chi connectivity index (χ1v) is 6.32. The minimum atomic E-state index is 0.522. The van der Waals surface area contributed by atoms with Gasteiger partial charge in [-0.3, -0.25) is 0 Å². The van der Waals surface area contributed by atoms with Crippen LogP contribution in [0.5, 0.6) is 0 Å². The molecule has 1 unspecified atom stereocenters. The predicted molar refractivity (Wildman–Crippen MR) is 71.6 cm³/mol. The van der Waals surface area contributed by atoms with Crippen LogP contribution >= 0.6 is 0 Å². The van der Waals surface area contributed by atoms with E-state index in [-0.39, 0.29) is 0 Å². The lowest BCUT2D eigenvalue weighted by Crippen LogP contribution is -2.32. The summed E-state index contributed by atoms with van der Waals surface area (Å²) in [6, 6.07) is 7.16. The Morgan fingerprint density at radius 3 is 2.88 bits per heavy atom. The van der Waals surface area contributed by atoms with E-state index >= 15 is 0 Å². The summed E-state index contributed by atoms with van der Waals surface area (Å²) in [5, 5.41) is 0. The third-order valence-corrected chi connectivity index (χ3v) is 3.53. The van der Waals surface area contributed by atoms with Crippen molar-refractivity contribution in [2.24, 2.45) is 5.73 Å². The summed E-state index contributed by atoms with van der Waals surface area (Å²) in [7, 11) is 2.16. The standard InChI is InChI=1S/C14H22N2O/c1-11-9-12(5-7-15)3-4-14(11)16(2)13-6-8-17-10-13/h3-4,9,13H,5-8,10,15H2,1-2H3. The van der Waals surface area contributed by atoms with Crippen LogP contribution in [0.25, 0.3) is 0 Å². The molecule has 3 nitrogen and oxygen atoms in total. The van der Waals surface area contributed by atoms with E-state index < -0.39 is 0 Å². The molecule has 1 heterocycles. The summed E-state index contributed by atoms with van der Waals surface area (Å²) in [6.07, 6.45) is 2.08. The number of nitrogens with two attached hydrogens (primary N) is 1. The molecule has 94 valence electrons. The minimum Gasteiger partial charge on any atom is -0.379 e. The number of hydrogen-bond acceptors (Lipinski definition) is 3. The fraction of sp³-hybridized carbons (Fsp3) is 0.571. The molecule has 3 heteroatoms. The number of benzene rings is 1. The number of hydrogen-bond donors (Lipinski definition) is 1. The first-order chi connectivity index (χ1) is 8.22. The van der Waals surface area contributed by atoms with Gasteiger partial charge in [0.15, 0.2) is 0 Å². The fourth-order valence-electron chi connectivity index (χ4n) is 2.46. The quantitative estimate of drug-likeness (QED) is 0.862. The molecular weight excluding hydrogens is 212 g/mol. The van der Waals surface area contributed by atoms with Crippen molar-refractivity contribution in [3.63, 3.8) is 0 Å². The van der Waals surface area contributed by atoms with Crippen molar-refractivity contribution in [2.45, 2.75) is 25.8 Å². The first-order valence-electron chi connectivity index (χ1n) is 6.32. The molecular formula is C14H22N2O. The summed E-state index contributed by atoms with van der Waals surface area (Å²) >= 11 is 0. The van der Waals surface area contributed by atoms with E-state index in [1.54, 1.807) is 0 Å². The van der Waals surface area contributed by atoms with Crippen molar-refractivity contribution in [3.05, 3.63) is 29.3 Å². The predicted octanol–water partition coefficient (Wildman–Crippen LogP) is 1.72. The largest absolute Gasteiger partial charge is 0.379 e. The fourth-order valence-corrected chi connectivity index (χ4v) is 2.46. The highest BCUT2D eigenvalue weighted by Gasteiger charge is 2.21. The number of rotatable bonds is 4. The summed E-state index contributed by atoms with van der Waals surface area (Å²) in [5.41, 5.74) is 9.54. The van der Waals surface area contributed by atoms with Gasteiger partial charge in [0.1, 0.15) is 0 Å². The Morgan fingerprint density at radius 1 is 1.47 bits per heavy atom. The van der Waals surface area contributed by atoms with Crippen LogP contribution in [0.3, 0.4) is 0 Å². The van der Waals surface area contributed by atoms with Gasteiger partial charge >= 0.3 is 0 Å².